The summed E-state index contributed by atoms with van der Waals surface area (Å²) in [5.74, 6) is -0.409. The Bertz CT molecular complexity index is 390. The number of amides is 1. The van der Waals surface area contributed by atoms with Gasteiger partial charge in [-0.05, 0) is 37.0 Å². The molecule has 1 spiro atoms. The normalized spacial score (nSPS) is 24.3. The molecule has 1 amide bonds. The van der Waals surface area contributed by atoms with Crippen LogP contribution in [0.5, 0.6) is 0 Å². The third-order valence-corrected chi connectivity index (χ3v) is 5.42. The molecule has 3 N–H and O–H groups in total. The number of hydrogen-bond donors (Lipinski definition) is 2. The highest BCUT2D eigenvalue weighted by Crippen LogP contribution is 2.44. The fourth-order valence-electron chi connectivity index (χ4n) is 4.02. The number of carbonyl (C=O) groups is 1. The van der Waals surface area contributed by atoms with E-state index in [1.807, 2.05) is 18.7 Å². The molecule has 0 radical (unpaired) electrons. The molecule has 1 saturated heterocycles. The summed E-state index contributed by atoms with van der Waals surface area (Å²) in [6.07, 6.45) is 8.91. The summed E-state index contributed by atoms with van der Waals surface area (Å²) in [4.78, 5) is 14.6. The van der Waals surface area contributed by atoms with E-state index in [1.165, 1.54) is 32.1 Å². The maximum Gasteiger partial charge on any atom is 0.233 e. The van der Waals surface area contributed by atoms with Crippen LogP contribution in [0.4, 0.5) is 0 Å². The zero-order valence-electron chi connectivity index (χ0n) is 13.3. The van der Waals surface area contributed by atoms with Gasteiger partial charge in [0.25, 0.3) is 0 Å². The molecule has 0 aromatic heterocycles. The van der Waals surface area contributed by atoms with Crippen LogP contribution in [-0.2, 0) is 4.79 Å². The molecule has 5 nitrogen and oxygen atoms in total. The summed E-state index contributed by atoms with van der Waals surface area (Å²) in [6, 6.07) is 0. The zero-order chi connectivity index (χ0) is 15.5. The zero-order valence-corrected chi connectivity index (χ0v) is 13.3. The largest absolute Gasteiger partial charge is 0.409 e. The second-order valence-corrected chi connectivity index (χ2v) is 7.13. The van der Waals surface area contributed by atoms with E-state index in [4.69, 9.17) is 10.9 Å². The van der Waals surface area contributed by atoms with Gasteiger partial charge in [0.05, 0.1) is 0 Å². The van der Waals surface area contributed by atoms with E-state index in [9.17, 15) is 4.79 Å². The smallest absolute Gasteiger partial charge is 0.233 e. The Kier molecular flexibility index (Phi) is 5.12. The molecule has 5 heteroatoms. The van der Waals surface area contributed by atoms with E-state index in [0.29, 0.717) is 5.41 Å². The second kappa shape index (κ2) is 6.67. The highest BCUT2D eigenvalue weighted by Gasteiger charge is 2.39. The van der Waals surface area contributed by atoms with E-state index < -0.39 is 5.92 Å². The molecule has 1 saturated carbocycles. The van der Waals surface area contributed by atoms with Crippen molar-refractivity contribution in [2.24, 2.45) is 28.1 Å². The average molecular weight is 295 g/mol. The van der Waals surface area contributed by atoms with Gasteiger partial charge in [-0.25, -0.2) is 0 Å². The molecule has 0 aromatic rings. The van der Waals surface area contributed by atoms with Gasteiger partial charge >= 0.3 is 0 Å². The van der Waals surface area contributed by atoms with E-state index >= 15 is 0 Å². The number of likely N-dealkylation sites (tertiary alicyclic amines) is 1. The highest BCUT2D eigenvalue weighted by molar-refractivity contribution is 6.02. The molecule has 120 valence electrons. The van der Waals surface area contributed by atoms with Gasteiger partial charge in [-0.3, -0.25) is 4.79 Å². The number of carbonyl (C=O) groups excluding carboxylic acids is 1. The second-order valence-electron chi connectivity index (χ2n) is 7.13. The monoisotopic (exact) mass is 295 g/mol. The minimum Gasteiger partial charge on any atom is -0.409 e. The fourth-order valence-corrected chi connectivity index (χ4v) is 4.02. The lowest BCUT2D eigenvalue weighted by atomic mass is 9.68. The van der Waals surface area contributed by atoms with Gasteiger partial charge in [0, 0.05) is 13.1 Å². The molecule has 1 atom stereocenters. The van der Waals surface area contributed by atoms with Crippen LogP contribution >= 0.6 is 0 Å². The summed E-state index contributed by atoms with van der Waals surface area (Å²) in [7, 11) is 0. The molecule has 2 aliphatic rings. The standard InChI is InChI=1S/C16H29N3O2/c1-12(2)13(14(17)18-21)15(20)19-10-8-16(9-11-19)6-4-3-5-7-16/h12-13,21H,3-11H2,1-2H3,(H2,17,18). The van der Waals surface area contributed by atoms with Gasteiger partial charge in [0.1, 0.15) is 5.92 Å². The maximum atomic E-state index is 12.7. The molecular weight excluding hydrogens is 266 g/mol. The topological polar surface area (TPSA) is 78.9 Å². The predicted molar refractivity (Wildman–Crippen MR) is 83.1 cm³/mol. The molecule has 21 heavy (non-hydrogen) atoms. The molecular formula is C16H29N3O2. The number of nitrogens with zero attached hydrogens (tertiary/aromatic N) is 2. The van der Waals surface area contributed by atoms with Crippen molar-refractivity contribution in [1.29, 1.82) is 0 Å². The lowest BCUT2D eigenvalue weighted by molar-refractivity contribution is -0.137. The highest BCUT2D eigenvalue weighted by atomic mass is 16.4. The average Bonchev–Trinajstić information content (AvgIpc) is 2.48. The summed E-state index contributed by atoms with van der Waals surface area (Å²) in [6.45, 7) is 5.52. The van der Waals surface area contributed by atoms with Crippen molar-refractivity contribution < 1.29 is 10.0 Å². The number of nitrogens with two attached hydrogens (primary N) is 1. The summed E-state index contributed by atoms with van der Waals surface area (Å²) < 4.78 is 0. The van der Waals surface area contributed by atoms with E-state index in [-0.39, 0.29) is 17.7 Å². The molecule has 1 aliphatic heterocycles. The number of rotatable bonds is 3. The summed E-state index contributed by atoms with van der Waals surface area (Å²) >= 11 is 0. The van der Waals surface area contributed by atoms with E-state index in [0.717, 1.165) is 25.9 Å². The fraction of sp³-hybridized carbons (Fsp3) is 0.875. The van der Waals surface area contributed by atoms with Crippen LogP contribution in [0.25, 0.3) is 0 Å². The van der Waals surface area contributed by atoms with Crippen molar-refractivity contribution in [3.8, 4) is 0 Å². The van der Waals surface area contributed by atoms with Crippen LogP contribution in [0.2, 0.25) is 0 Å². The van der Waals surface area contributed by atoms with Crippen molar-refractivity contribution in [3.05, 3.63) is 0 Å². The quantitative estimate of drug-likeness (QED) is 0.363. The molecule has 0 aromatic carbocycles. The minimum atomic E-state index is -0.504. The Hall–Kier alpha value is -1.26. The van der Waals surface area contributed by atoms with E-state index in [2.05, 4.69) is 5.16 Å². The Morgan fingerprint density at radius 1 is 1.14 bits per heavy atom. The third kappa shape index (κ3) is 3.50. The van der Waals surface area contributed by atoms with Gasteiger partial charge in [-0.1, -0.05) is 38.3 Å². The first-order chi connectivity index (χ1) is 9.99. The van der Waals surface area contributed by atoms with Gasteiger partial charge in [-0.2, -0.15) is 0 Å². The molecule has 1 aliphatic carbocycles. The molecule has 2 rings (SSSR count). The van der Waals surface area contributed by atoms with Gasteiger partial charge in [0.15, 0.2) is 5.84 Å². The number of piperidine rings is 1. The first kappa shape index (κ1) is 16.1. The Labute approximate surface area is 127 Å². The molecule has 2 fully saturated rings. The van der Waals surface area contributed by atoms with Crippen LogP contribution in [-0.4, -0.2) is 34.9 Å². The Morgan fingerprint density at radius 2 is 1.71 bits per heavy atom. The predicted octanol–water partition coefficient (Wildman–Crippen LogP) is 2.58. The summed E-state index contributed by atoms with van der Waals surface area (Å²) in [5.41, 5.74) is 6.20. The molecule has 0 bridgehead atoms. The number of amidine groups is 1. The third-order valence-electron chi connectivity index (χ3n) is 5.42. The lowest BCUT2D eigenvalue weighted by Gasteiger charge is -2.45. The van der Waals surface area contributed by atoms with Gasteiger partial charge in [0.2, 0.25) is 5.91 Å². The Morgan fingerprint density at radius 3 is 2.19 bits per heavy atom. The first-order valence-corrected chi connectivity index (χ1v) is 8.25. The van der Waals surface area contributed by atoms with Crippen molar-refractivity contribution in [3.63, 3.8) is 0 Å². The van der Waals surface area contributed by atoms with Gasteiger partial charge in [-0.15, -0.1) is 0 Å². The van der Waals surface area contributed by atoms with Crippen LogP contribution in [0.15, 0.2) is 5.16 Å². The van der Waals surface area contributed by atoms with Crippen LogP contribution < -0.4 is 5.73 Å². The van der Waals surface area contributed by atoms with Gasteiger partial charge < -0.3 is 15.8 Å². The van der Waals surface area contributed by atoms with E-state index in [1.54, 1.807) is 0 Å². The SMILES string of the molecule is CC(C)C(C(=O)N1CCC2(CCCCC2)CC1)C(N)=NO. The van der Waals surface area contributed by atoms with Crippen molar-refractivity contribution in [2.75, 3.05) is 13.1 Å². The minimum absolute atomic E-state index is 0.0194. The maximum absolute atomic E-state index is 12.7. The first-order valence-electron chi connectivity index (χ1n) is 8.25. The van der Waals surface area contributed by atoms with Crippen molar-refractivity contribution in [2.45, 2.75) is 58.8 Å². The molecule has 1 heterocycles. The lowest BCUT2D eigenvalue weighted by Crippen LogP contribution is -2.49. The van der Waals surface area contributed by atoms with Crippen molar-refractivity contribution in [1.82, 2.24) is 4.90 Å². The number of hydrogen-bond acceptors (Lipinski definition) is 3. The van der Waals surface area contributed by atoms with Crippen LogP contribution in [0.3, 0.4) is 0 Å². The van der Waals surface area contributed by atoms with Crippen molar-refractivity contribution >= 4 is 11.7 Å². The number of oxime groups is 1. The van der Waals surface area contributed by atoms with Crippen LogP contribution in [0.1, 0.15) is 58.8 Å². The molecule has 1 unspecified atom stereocenters. The summed E-state index contributed by atoms with van der Waals surface area (Å²) in [5, 5.41) is 11.9. The van der Waals surface area contributed by atoms with Crippen LogP contribution in [0, 0.1) is 17.3 Å². The Balaban J connectivity index is 1.98.